The van der Waals surface area contributed by atoms with Crippen LogP contribution in [0, 0.1) is 0 Å². The highest BCUT2D eigenvalue weighted by Gasteiger charge is 2.20. The standard InChI is InChI=1S/C31H37Cl2N5O/c32-28-9-8-24(20-29(28)33)10-15-37-16-18-38(19-17-37)30-7-2-1-6-27(30)25-21-26(23-34-22-25)31(39)35-11-5-14-36-12-3-4-13-36/h1-2,6-9,20-23H,3-5,10-19H2,(H,35,39). The number of aromatic nitrogens is 1. The van der Waals surface area contributed by atoms with Gasteiger partial charge >= 0.3 is 0 Å². The first-order valence-corrected chi connectivity index (χ1v) is 14.8. The predicted octanol–water partition coefficient (Wildman–Crippen LogP) is 5.64. The van der Waals surface area contributed by atoms with Crippen molar-refractivity contribution in [2.75, 3.05) is 63.8 Å². The molecule has 3 aromatic rings. The van der Waals surface area contributed by atoms with Gasteiger partial charge in [-0.3, -0.25) is 14.7 Å². The molecule has 2 aromatic carbocycles. The highest BCUT2D eigenvalue weighted by atomic mass is 35.5. The number of hydrogen-bond donors (Lipinski definition) is 1. The van der Waals surface area contributed by atoms with Gasteiger partial charge in [0.05, 0.1) is 15.6 Å². The zero-order chi connectivity index (χ0) is 27.0. The van der Waals surface area contributed by atoms with Crippen molar-refractivity contribution < 1.29 is 4.79 Å². The Bertz CT molecular complexity index is 1260. The molecule has 8 heteroatoms. The summed E-state index contributed by atoms with van der Waals surface area (Å²) in [6.07, 6.45) is 8.03. The van der Waals surface area contributed by atoms with Crippen molar-refractivity contribution in [3.05, 3.63) is 82.1 Å². The molecule has 0 saturated carbocycles. The summed E-state index contributed by atoms with van der Waals surface area (Å²) < 4.78 is 0. The Balaban J connectivity index is 1.16. The number of halogens is 2. The van der Waals surface area contributed by atoms with Crippen molar-refractivity contribution in [1.82, 2.24) is 20.1 Å². The van der Waals surface area contributed by atoms with Gasteiger partial charge in [0.15, 0.2) is 0 Å². The van der Waals surface area contributed by atoms with E-state index in [1.807, 2.05) is 24.4 Å². The number of anilines is 1. The lowest BCUT2D eigenvalue weighted by Gasteiger charge is -2.37. The fraction of sp³-hybridized carbons (Fsp3) is 0.419. The summed E-state index contributed by atoms with van der Waals surface area (Å²) in [6, 6.07) is 16.3. The molecule has 39 heavy (non-hydrogen) atoms. The highest BCUT2D eigenvalue weighted by Crippen LogP contribution is 2.31. The molecule has 0 atom stereocenters. The first kappa shape index (κ1) is 27.9. The summed E-state index contributed by atoms with van der Waals surface area (Å²) >= 11 is 12.2. The normalized spacial score (nSPS) is 16.5. The molecule has 2 fully saturated rings. The van der Waals surface area contributed by atoms with Gasteiger partial charge in [0.2, 0.25) is 0 Å². The van der Waals surface area contributed by atoms with Gasteiger partial charge in [-0.15, -0.1) is 0 Å². The van der Waals surface area contributed by atoms with E-state index < -0.39 is 0 Å². The van der Waals surface area contributed by atoms with Crippen LogP contribution >= 0.6 is 23.2 Å². The second-order valence-corrected chi connectivity index (χ2v) is 11.3. The Morgan fingerprint density at radius 1 is 0.846 bits per heavy atom. The third-order valence-corrected chi connectivity index (χ3v) is 8.50. The Morgan fingerprint density at radius 2 is 1.62 bits per heavy atom. The van der Waals surface area contributed by atoms with Crippen LogP contribution in [0.15, 0.2) is 60.9 Å². The average molecular weight is 567 g/mol. The minimum atomic E-state index is -0.0566. The topological polar surface area (TPSA) is 51.7 Å². The molecule has 2 saturated heterocycles. The Labute approximate surface area is 241 Å². The zero-order valence-electron chi connectivity index (χ0n) is 22.4. The van der Waals surface area contributed by atoms with E-state index in [0.29, 0.717) is 22.2 Å². The lowest BCUT2D eigenvalue weighted by atomic mass is 10.0. The molecular formula is C31H37Cl2N5O. The van der Waals surface area contributed by atoms with Crippen LogP contribution in [0.3, 0.4) is 0 Å². The molecule has 0 spiro atoms. The van der Waals surface area contributed by atoms with Crippen molar-refractivity contribution in [1.29, 1.82) is 0 Å². The van der Waals surface area contributed by atoms with E-state index in [2.05, 4.69) is 55.3 Å². The third kappa shape index (κ3) is 7.52. The number of para-hydroxylation sites is 1. The van der Waals surface area contributed by atoms with Gasteiger partial charge in [-0.2, -0.15) is 0 Å². The lowest BCUT2D eigenvalue weighted by Crippen LogP contribution is -2.47. The molecule has 2 aliphatic rings. The van der Waals surface area contributed by atoms with Gasteiger partial charge < -0.3 is 15.1 Å². The first-order chi connectivity index (χ1) is 19.1. The van der Waals surface area contributed by atoms with Crippen LogP contribution in [0.4, 0.5) is 5.69 Å². The Hall–Kier alpha value is -2.64. The van der Waals surface area contributed by atoms with Gasteiger partial charge in [-0.25, -0.2) is 0 Å². The van der Waals surface area contributed by atoms with E-state index in [1.165, 1.54) is 37.2 Å². The van der Waals surface area contributed by atoms with Crippen molar-refractivity contribution >= 4 is 34.8 Å². The number of hydrogen-bond acceptors (Lipinski definition) is 5. The van der Waals surface area contributed by atoms with Gasteiger partial charge in [0.25, 0.3) is 5.91 Å². The van der Waals surface area contributed by atoms with E-state index in [9.17, 15) is 4.79 Å². The molecule has 0 bridgehead atoms. The number of carbonyl (C=O) groups excluding carboxylic acids is 1. The monoisotopic (exact) mass is 565 g/mol. The van der Waals surface area contributed by atoms with Crippen molar-refractivity contribution in [3.63, 3.8) is 0 Å². The maximum absolute atomic E-state index is 12.9. The number of nitrogens with one attached hydrogen (secondary N) is 1. The maximum Gasteiger partial charge on any atom is 0.252 e. The fourth-order valence-electron chi connectivity index (χ4n) is 5.51. The molecule has 0 radical (unpaired) electrons. The summed E-state index contributed by atoms with van der Waals surface area (Å²) in [5, 5.41) is 4.29. The highest BCUT2D eigenvalue weighted by molar-refractivity contribution is 6.42. The van der Waals surface area contributed by atoms with Crippen LogP contribution in [0.2, 0.25) is 10.0 Å². The summed E-state index contributed by atoms with van der Waals surface area (Å²) in [5.74, 6) is -0.0566. The van der Waals surface area contributed by atoms with Crippen LogP contribution in [0.1, 0.15) is 35.2 Å². The number of benzene rings is 2. The maximum atomic E-state index is 12.9. The van der Waals surface area contributed by atoms with E-state index in [0.717, 1.165) is 63.2 Å². The van der Waals surface area contributed by atoms with E-state index in [1.54, 1.807) is 6.20 Å². The molecule has 0 unspecified atom stereocenters. The second kappa shape index (κ2) is 13.6. The predicted molar refractivity (Wildman–Crippen MR) is 161 cm³/mol. The van der Waals surface area contributed by atoms with Crippen molar-refractivity contribution in [2.24, 2.45) is 0 Å². The van der Waals surface area contributed by atoms with Crippen LogP contribution in [-0.4, -0.2) is 79.6 Å². The lowest BCUT2D eigenvalue weighted by molar-refractivity contribution is 0.0951. The minimum Gasteiger partial charge on any atom is -0.368 e. The molecule has 1 aromatic heterocycles. The number of likely N-dealkylation sites (tertiary alicyclic amines) is 1. The molecular weight excluding hydrogens is 529 g/mol. The molecule has 6 nitrogen and oxygen atoms in total. The minimum absolute atomic E-state index is 0.0566. The smallest absolute Gasteiger partial charge is 0.252 e. The van der Waals surface area contributed by atoms with Crippen LogP contribution < -0.4 is 10.2 Å². The first-order valence-electron chi connectivity index (χ1n) is 14.0. The number of pyridine rings is 1. The summed E-state index contributed by atoms with van der Waals surface area (Å²) in [6.45, 7) is 8.99. The van der Waals surface area contributed by atoms with E-state index >= 15 is 0 Å². The van der Waals surface area contributed by atoms with Crippen LogP contribution in [-0.2, 0) is 6.42 Å². The third-order valence-electron chi connectivity index (χ3n) is 7.76. The van der Waals surface area contributed by atoms with Gasteiger partial charge in [-0.05, 0) is 75.1 Å². The number of carbonyl (C=O) groups is 1. The van der Waals surface area contributed by atoms with Gasteiger partial charge in [-0.1, -0.05) is 47.5 Å². The van der Waals surface area contributed by atoms with Crippen LogP contribution in [0.5, 0.6) is 0 Å². The van der Waals surface area contributed by atoms with Crippen molar-refractivity contribution in [3.8, 4) is 11.1 Å². The Morgan fingerprint density at radius 3 is 2.41 bits per heavy atom. The number of piperazine rings is 1. The molecule has 3 heterocycles. The van der Waals surface area contributed by atoms with E-state index in [-0.39, 0.29) is 5.91 Å². The summed E-state index contributed by atoms with van der Waals surface area (Å²) in [5.41, 5.74) is 5.08. The summed E-state index contributed by atoms with van der Waals surface area (Å²) in [4.78, 5) is 24.7. The molecule has 206 valence electrons. The Kier molecular flexibility index (Phi) is 9.75. The number of nitrogens with zero attached hydrogens (tertiary/aromatic N) is 4. The molecule has 1 amide bonds. The van der Waals surface area contributed by atoms with Gasteiger partial charge in [0.1, 0.15) is 0 Å². The number of amides is 1. The molecule has 2 aliphatic heterocycles. The van der Waals surface area contributed by atoms with E-state index in [4.69, 9.17) is 23.2 Å². The molecule has 1 N–H and O–H groups in total. The average Bonchev–Trinajstić information content (AvgIpc) is 3.50. The van der Waals surface area contributed by atoms with Crippen molar-refractivity contribution in [2.45, 2.75) is 25.7 Å². The van der Waals surface area contributed by atoms with Crippen LogP contribution in [0.25, 0.3) is 11.1 Å². The van der Waals surface area contributed by atoms with Gasteiger partial charge in [0, 0.05) is 68.5 Å². The quantitative estimate of drug-likeness (QED) is 0.322. The molecule has 5 rings (SSSR count). The SMILES string of the molecule is O=C(NCCCN1CCCC1)c1cncc(-c2ccccc2N2CCN(CCc3ccc(Cl)c(Cl)c3)CC2)c1. The molecule has 0 aliphatic carbocycles. The second-order valence-electron chi connectivity index (χ2n) is 10.5. The zero-order valence-corrected chi connectivity index (χ0v) is 23.9. The fourth-order valence-corrected chi connectivity index (χ4v) is 5.83. The number of rotatable bonds is 10. The largest absolute Gasteiger partial charge is 0.368 e. The summed E-state index contributed by atoms with van der Waals surface area (Å²) in [7, 11) is 0.